The topological polar surface area (TPSA) is 103 Å². The summed E-state index contributed by atoms with van der Waals surface area (Å²) in [5, 5.41) is 30.0. The molecule has 3 aromatic rings. The molecule has 0 radical (unpaired) electrons. The number of allylic oxidation sites excluding steroid dienone is 2. The SMILES string of the molecule is COc1ccc2[nH]cc(C3C=C4[C@@](C)(CC[C@@]5(C)[C@@H]6C[C@@H](C)CC[C@]6(C)CC[C@]45C)c4cc(O)c(O)c(C)c43)c2c1.O=CO. The van der Waals surface area contributed by atoms with Crippen molar-refractivity contribution >= 4 is 17.4 Å². The van der Waals surface area contributed by atoms with E-state index in [2.05, 4.69) is 64.0 Å². The van der Waals surface area contributed by atoms with Crippen LogP contribution in [0.5, 0.6) is 17.2 Å². The summed E-state index contributed by atoms with van der Waals surface area (Å²) in [5.41, 5.74) is 7.48. The van der Waals surface area contributed by atoms with Gasteiger partial charge in [-0.2, -0.15) is 0 Å². The first-order valence-electron chi connectivity index (χ1n) is 16.3. The van der Waals surface area contributed by atoms with Crippen molar-refractivity contribution < 1.29 is 24.9 Å². The molecule has 6 heteroatoms. The van der Waals surface area contributed by atoms with Crippen LogP contribution in [0, 0.1) is 35.0 Å². The van der Waals surface area contributed by atoms with Crippen LogP contribution >= 0.6 is 0 Å². The second-order valence-corrected chi connectivity index (χ2v) is 15.3. The van der Waals surface area contributed by atoms with Crippen LogP contribution in [0.2, 0.25) is 0 Å². The lowest BCUT2D eigenvalue weighted by molar-refractivity contribution is -0.145. The Kier molecular flexibility index (Phi) is 7.18. The molecule has 2 aromatic carbocycles. The van der Waals surface area contributed by atoms with Gasteiger partial charge in [-0.1, -0.05) is 52.7 Å². The highest BCUT2D eigenvalue weighted by atomic mass is 16.5. The van der Waals surface area contributed by atoms with Crippen molar-refractivity contribution in [2.45, 2.75) is 97.8 Å². The summed E-state index contributed by atoms with van der Waals surface area (Å²) in [7, 11) is 1.72. The van der Waals surface area contributed by atoms with E-state index < -0.39 is 0 Å². The van der Waals surface area contributed by atoms with Gasteiger partial charge in [-0.05, 0) is 120 Å². The van der Waals surface area contributed by atoms with Gasteiger partial charge in [0, 0.05) is 28.4 Å². The molecule has 44 heavy (non-hydrogen) atoms. The van der Waals surface area contributed by atoms with E-state index in [1.807, 2.05) is 19.1 Å². The number of phenolic OH excluding ortho intramolecular Hbond substituents is 2. The van der Waals surface area contributed by atoms with Crippen molar-refractivity contribution in [3.8, 4) is 17.2 Å². The zero-order valence-electron chi connectivity index (χ0n) is 27.4. The molecule has 4 aliphatic carbocycles. The highest BCUT2D eigenvalue weighted by molar-refractivity contribution is 5.86. The third kappa shape index (κ3) is 4.08. The van der Waals surface area contributed by atoms with E-state index in [1.54, 1.807) is 12.7 Å². The standard InChI is InChI=1S/C37H47NO3.CH2O2/c1-21-10-11-34(3)12-14-37(6)31-18-25(26-20-38-28-9-8-23(41-7)17-24(26)28)32-22(2)33(40)29(39)19-27(32)35(31,4)13-15-36(37,5)30(34)16-21;2-1-3/h8-9,17-21,25,30,38-40H,10-16H2,1-7H3;1H,(H,2,3)/t21-,25?,30+,34+,35-,36-,37+;/m0./s1. The Bertz CT molecular complexity index is 1650. The Morgan fingerprint density at radius 2 is 1.75 bits per heavy atom. The second-order valence-electron chi connectivity index (χ2n) is 15.3. The lowest BCUT2D eigenvalue weighted by atomic mass is 9.35. The summed E-state index contributed by atoms with van der Waals surface area (Å²) >= 11 is 0. The van der Waals surface area contributed by atoms with Crippen LogP contribution in [-0.4, -0.2) is 33.9 Å². The minimum Gasteiger partial charge on any atom is -0.504 e. The van der Waals surface area contributed by atoms with Gasteiger partial charge >= 0.3 is 0 Å². The molecule has 4 aliphatic rings. The number of carboxylic acid groups (broad SMARTS) is 1. The van der Waals surface area contributed by atoms with Gasteiger partial charge in [0.15, 0.2) is 11.5 Å². The number of rotatable bonds is 2. The number of benzene rings is 2. The fourth-order valence-electron chi connectivity index (χ4n) is 10.5. The maximum absolute atomic E-state index is 11.0. The first kappa shape index (κ1) is 30.6. The Morgan fingerprint density at radius 3 is 2.45 bits per heavy atom. The number of carbonyl (C=O) groups is 1. The zero-order chi connectivity index (χ0) is 31.8. The molecule has 0 bridgehead atoms. The summed E-state index contributed by atoms with van der Waals surface area (Å²) in [5.74, 6) is 2.32. The molecular weight excluding hydrogens is 550 g/mol. The van der Waals surface area contributed by atoms with Crippen LogP contribution in [-0.2, 0) is 10.2 Å². The Labute approximate surface area is 261 Å². The van der Waals surface area contributed by atoms with E-state index in [-0.39, 0.29) is 40.1 Å². The maximum atomic E-state index is 11.0. The average molecular weight is 600 g/mol. The van der Waals surface area contributed by atoms with E-state index in [1.165, 1.54) is 49.7 Å². The number of nitrogens with one attached hydrogen (secondary N) is 1. The molecule has 0 saturated heterocycles. The Morgan fingerprint density at radius 1 is 1.02 bits per heavy atom. The van der Waals surface area contributed by atoms with E-state index >= 15 is 0 Å². The van der Waals surface area contributed by atoms with Crippen LogP contribution in [0.25, 0.3) is 10.9 Å². The fraction of sp³-hybridized carbons (Fsp3) is 0.553. The summed E-state index contributed by atoms with van der Waals surface area (Å²) in [6.45, 7) is 14.4. The van der Waals surface area contributed by atoms with Gasteiger partial charge in [-0.3, -0.25) is 4.79 Å². The lowest BCUT2D eigenvalue weighted by Crippen LogP contribution is -2.61. The molecule has 1 heterocycles. The van der Waals surface area contributed by atoms with Crippen molar-refractivity contribution in [2.75, 3.05) is 7.11 Å². The predicted molar refractivity (Wildman–Crippen MR) is 175 cm³/mol. The molecule has 236 valence electrons. The normalized spacial score (nSPS) is 35.6. The molecule has 1 aromatic heterocycles. The zero-order valence-corrected chi connectivity index (χ0v) is 27.4. The molecule has 7 rings (SSSR count). The average Bonchev–Trinajstić information content (AvgIpc) is 3.42. The largest absolute Gasteiger partial charge is 0.504 e. The third-order valence-corrected chi connectivity index (χ3v) is 13.3. The van der Waals surface area contributed by atoms with Crippen LogP contribution in [0.3, 0.4) is 0 Å². The number of aromatic amines is 1. The van der Waals surface area contributed by atoms with Gasteiger partial charge in [-0.25, -0.2) is 0 Å². The fourth-order valence-corrected chi connectivity index (χ4v) is 10.5. The smallest absolute Gasteiger partial charge is 0.290 e. The predicted octanol–water partition coefficient (Wildman–Crippen LogP) is 8.97. The van der Waals surface area contributed by atoms with Crippen molar-refractivity contribution in [2.24, 2.45) is 28.1 Å². The number of H-pyrrole nitrogens is 1. The van der Waals surface area contributed by atoms with E-state index in [9.17, 15) is 10.2 Å². The summed E-state index contributed by atoms with van der Waals surface area (Å²) < 4.78 is 5.63. The quantitative estimate of drug-likeness (QED) is 0.134. The molecule has 0 aliphatic heterocycles. The molecular formula is C38H49NO5. The van der Waals surface area contributed by atoms with E-state index in [0.717, 1.165) is 46.0 Å². The Balaban J connectivity index is 0.00000110. The maximum Gasteiger partial charge on any atom is 0.290 e. The first-order chi connectivity index (χ1) is 20.8. The van der Waals surface area contributed by atoms with E-state index in [4.69, 9.17) is 14.6 Å². The van der Waals surface area contributed by atoms with Crippen molar-refractivity contribution in [1.29, 1.82) is 0 Å². The van der Waals surface area contributed by atoms with Crippen LogP contribution < -0.4 is 4.74 Å². The van der Waals surface area contributed by atoms with Gasteiger partial charge in [0.25, 0.3) is 6.47 Å². The van der Waals surface area contributed by atoms with Gasteiger partial charge in [0.1, 0.15) is 5.75 Å². The van der Waals surface area contributed by atoms with Crippen LogP contribution in [0.1, 0.15) is 108 Å². The summed E-state index contributed by atoms with van der Waals surface area (Å²) in [6.07, 6.45) is 13.5. The van der Waals surface area contributed by atoms with Gasteiger partial charge < -0.3 is 25.0 Å². The third-order valence-electron chi connectivity index (χ3n) is 13.3. The van der Waals surface area contributed by atoms with Gasteiger partial charge in [-0.15, -0.1) is 0 Å². The molecule has 0 amide bonds. The lowest BCUT2D eigenvalue weighted by Gasteiger charge is -2.69. The minimum atomic E-state index is -0.250. The summed E-state index contributed by atoms with van der Waals surface area (Å²) in [4.78, 5) is 11.9. The number of aromatic hydroxyl groups is 2. The summed E-state index contributed by atoms with van der Waals surface area (Å²) in [6, 6.07) is 8.12. The molecule has 1 unspecified atom stereocenters. The Hall–Kier alpha value is -3.41. The number of methoxy groups -OCH3 is 1. The first-order valence-corrected chi connectivity index (χ1v) is 16.3. The van der Waals surface area contributed by atoms with Gasteiger partial charge in [0.2, 0.25) is 0 Å². The number of hydrogen-bond acceptors (Lipinski definition) is 4. The number of phenols is 2. The molecule has 7 atom stereocenters. The van der Waals surface area contributed by atoms with Crippen LogP contribution in [0.15, 0.2) is 42.1 Å². The van der Waals surface area contributed by atoms with E-state index in [0.29, 0.717) is 5.41 Å². The monoisotopic (exact) mass is 599 g/mol. The van der Waals surface area contributed by atoms with Crippen LogP contribution in [0.4, 0.5) is 0 Å². The van der Waals surface area contributed by atoms with Crippen molar-refractivity contribution in [1.82, 2.24) is 4.98 Å². The minimum absolute atomic E-state index is 0.00103. The highest BCUT2D eigenvalue weighted by Crippen LogP contribution is 2.74. The van der Waals surface area contributed by atoms with Gasteiger partial charge in [0.05, 0.1) is 7.11 Å². The number of fused-ring (bicyclic) bond motifs is 8. The molecule has 4 N–H and O–H groups in total. The molecule has 3 saturated carbocycles. The highest BCUT2D eigenvalue weighted by Gasteiger charge is 2.65. The molecule has 6 nitrogen and oxygen atoms in total. The number of ether oxygens (including phenoxy) is 1. The number of hydrogen-bond donors (Lipinski definition) is 4. The number of aromatic nitrogens is 1. The van der Waals surface area contributed by atoms with Crippen molar-refractivity contribution in [3.63, 3.8) is 0 Å². The van der Waals surface area contributed by atoms with Crippen molar-refractivity contribution in [3.05, 3.63) is 64.4 Å². The molecule has 0 spiro atoms. The second kappa shape index (κ2) is 10.3. The molecule has 3 fully saturated rings.